The quantitative estimate of drug-likeness (QED) is 0.745. The van der Waals surface area contributed by atoms with Gasteiger partial charge in [0.1, 0.15) is 0 Å². The average Bonchev–Trinajstić information content (AvgIpc) is 2.45. The highest BCUT2D eigenvalue weighted by molar-refractivity contribution is 5.81. The van der Waals surface area contributed by atoms with Gasteiger partial charge in [-0.2, -0.15) is 0 Å². The van der Waals surface area contributed by atoms with Gasteiger partial charge in [0.25, 0.3) is 0 Å². The number of hydrogen-bond donors (Lipinski definition) is 1. The maximum atomic E-state index is 11.7. The molecule has 0 atom stereocenters. The minimum atomic E-state index is -0.484. The lowest BCUT2D eigenvalue weighted by Gasteiger charge is -2.26. The molecule has 1 N–H and O–H groups in total. The van der Waals surface area contributed by atoms with Gasteiger partial charge in [0, 0.05) is 6.42 Å². The first-order chi connectivity index (χ1) is 9.93. The van der Waals surface area contributed by atoms with Crippen molar-refractivity contribution in [2.45, 2.75) is 38.8 Å². The Morgan fingerprint density at radius 1 is 1.14 bits per heavy atom. The fourth-order valence-corrected chi connectivity index (χ4v) is 1.79. The number of carbonyl (C=O) groups is 2. The van der Waals surface area contributed by atoms with E-state index < -0.39 is 5.54 Å². The van der Waals surface area contributed by atoms with Crippen molar-refractivity contribution in [2.24, 2.45) is 0 Å². The second-order valence-electron chi connectivity index (χ2n) is 5.49. The van der Waals surface area contributed by atoms with Crippen LogP contribution in [0.4, 0.5) is 0 Å². The Hall–Kier alpha value is -1.88. The first-order valence-corrected chi connectivity index (χ1v) is 6.92. The van der Waals surface area contributed by atoms with E-state index in [4.69, 9.17) is 4.74 Å². The van der Waals surface area contributed by atoms with Crippen LogP contribution in [0.3, 0.4) is 0 Å². The number of carbonyl (C=O) groups excluding carboxylic acids is 2. The van der Waals surface area contributed by atoms with Crippen molar-refractivity contribution in [2.75, 3.05) is 13.7 Å². The van der Waals surface area contributed by atoms with Crippen molar-refractivity contribution in [1.82, 2.24) is 5.32 Å². The highest BCUT2D eigenvalue weighted by atomic mass is 16.5. The lowest BCUT2D eigenvalue weighted by molar-refractivity contribution is -0.142. The SMILES string of the molecule is COC(=O)CCC(=O)NC(C)(C)COCc1ccccc1. The van der Waals surface area contributed by atoms with Crippen LogP contribution in [0, 0.1) is 0 Å². The molecule has 0 radical (unpaired) electrons. The molecule has 1 aromatic rings. The monoisotopic (exact) mass is 293 g/mol. The van der Waals surface area contributed by atoms with Crippen molar-refractivity contribution >= 4 is 11.9 Å². The summed E-state index contributed by atoms with van der Waals surface area (Å²) >= 11 is 0. The van der Waals surface area contributed by atoms with Crippen LogP contribution in [0.2, 0.25) is 0 Å². The molecular formula is C16H23NO4. The summed E-state index contributed by atoms with van der Waals surface area (Å²) in [5.74, 6) is -0.572. The highest BCUT2D eigenvalue weighted by Crippen LogP contribution is 2.07. The molecule has 0 saturated carbocycles. The number of hydrogen-bond acceptors (Lipinski definition) is 4. The summed E-state index contributed by atoms with van der Waals surface area (Å²) in [6.45, 7) is 4.66. The van der Waals surface area contributed by atoms with Crippen molar-refractivity contribution in [3.8, 4) is 0 Å². The number of nitrogens with one attached hydrogen (secondary N) is 1. The Labute approximate surface area is 125 Å². The molecule has 1 amide bonds. The fourth-order valence-electron chi connectivity index (χ4n) is 1.79. The van der Waals surface area contributed by atoms with Gasteiger partial charge < -0.3 is 14.8 Å². The maximum Gasteiger partial charge on any atom is 0.306 e. The van der Waals surface area contributed by atoms with Gasteiger partial charge in [0.15, 0.2) is 0 Å². The van der Waals surface area contributed by atoms with Gasteiger partial charge in [-0.05, 0) is 19.4 Å². The second kappa shape index (κ2) is 8.42. The van der Waals surface area contributed by atoms with Crippen LogP contribution < -0.4 is 5.32 Å². The molecule has 5 nitrogen and oxygen atoms in total. The number of benzene rings is 1. The second-order valence-corrected chi connectivity index (χ2v) is 5.49. The molecule has 0 spiro atoms. The topological polar surface area (TPSA) is 64.6 Å². The van der Waals surface area contributed by atoms with E-state index in [0.29, 0.717) is 13.2 Å². The van der Waals surface area contributed by atoms with Crippen molar-refractivity contribution in [3.05, 3.63) is 35.9 Å². The van der Waals surface area contributed by atoms with Gasteiger partial charge in [0.2, 0.25) is 5.91 Å². The first-order valence-electron chi connectivity index (χ1n) is 6.92. The van der Waals surface area contributed by atoms with Crippen LogP contribution in [-0.2, 0) is 25.7 Å². The van der Waals surface area contributed by atoms with Crippen molar-refractivity contribution in [3.63, 3.8) is 0 Å². The van der Waals surface area contributed by atoms with Crippen LogP contribution in [-0.4, -0.2) is 31.1 Å². The summed E-state index contributed by atoms with van der Waals surface area (Å²) in [5.41, 5.74) is 0.604. The van der Waals surface area contributed by atoms with Gasteiger partial charge in [-0.15, -0.1) is 0 Å². The number of amides is 1. The summed E-state index contributed by atoms with van der Waals surface area (Å²) in [6.07, 6.45) is 0.206. The number of esters is 1. The molecule has 1 rings (SSSR count). The minimum absolute atomic E-state index is 0.0866. The molecule has 0 unspecified atom stereocenters. The standard InChI is InChI=1S/C16H23NO4/c1-16(2,17-14(18)9-10-15(19)20-3)12-21-11-13-7-5-4-6-8-13/h4-8H,9-12H2,1-3H3,(H,17,18). The zero-order valence-corrected chi connectivity index (χ0v) is 12.8. The lowest BCUT2D eigenvalue weighted by atomic mass is 10.1. The predicted octanol–water partition coefficient (Wildman–Crippen LogP) is 2.05. The average molecular weight is 293 g/mol. The summed E-state index contributed by atoms with van der Waals surface area (Å²) in [7, 11) is 1.31. The molecule has 116 valence electrons. The van der Waals surface area contributed by atoms with Crippen LogP contribution in [0.5, 0.6) is 0 Å². The summed E-state index contributed by atoms with van der Waals surface area (Å²) < 4.78 is 10.1. The molecule has 0 fully saturated rings. The Kier molecular flexibility index (Phi) is 6.88. The molecular weight excluding hydrogens is 270 g/mol. The molecule has 0 aliphatic rings. The van der Waals surface area contributed by atoms with E-state index in [2.05, 4.69) is 10.1 Å². The molecule has 5 heteroatoms. The van der Waals surface area contributed by atoms with E-state index >= 15 is 0 Å². The fraction of sp³-hybridized carbons (Fsp3) is 0.500. The zero-order valence-electron chi connectivity index (χ0n) is 12.8. The van der Waals surface area contributed by atoms with Crippen LogP contribution in [0.15, 0.2) is 30.3 Å². The normalized spacial score (nSPS) is 11.0. The molecule has 0 aromatic heterocycles. The number of ether oxygens (including phenoxy) is 2. The van der Waals surface area contributed by atoms with Crippen LogP contribution >= 0.6 is 0 Å². The molecule has 0 bridgehead atoms. The zero-order chi connectivity index (χ0) is 15.7. The smallest absolute Gasteiger partial charge is 0.306 e. The van der Waals surface area contributed by atoms with E-state index in [-0.39, 0.29) is 24.7 Å². The van der Waals surface area contributed by atoms with Crippen molar-refractivity contribution < 1.29 is 19.1 Å². The number of rotatable bonds is 8. The summed E-state index contributed by atoms with van der Waals surface area (Å²) in [4.78, 5) is 22.7. The maximum absolute atomic E-state index is 11.7. The molecule has 0 aliphatic heterocycles. The van der Waals surface area contributed by atoms with Crippen molar-refractivity contribution in [1.29, 1.82) is 0 Å². The van der Waals surface area contributed by atoms with E-state index in [0.717, 1.165) is 5.56 Å². The number of methoxy groups -OCH3 is 1. The van der Waals surface area contributed by atoms with Crippen LogP contribution in [0.1, 0.15) is 32.3 Å². The lowest BCUT2D eigenvalue weighted by Crippen LogP contribution is -2.47. The van der Waals surface area contributed by atoms with Gasteiger partial charge in [-0.1, -0.05) is 30.3 Å². The Morgan fingerprint density at radius 2 is 1.81 bits per heavy atom. The Bertz CT molecular complexity index is 457. The first kappa shape index (κ1) is 17.2. The summed E-state index contributed by atoms with van der Waals surface area (Å²) in [6, 6.07) is 9.84. The molecule has 0 heterocycles. The van der Waals surface area contributed by atoms with E-state index in [1.165, 1.54) is 7.11 Å². The van der Waals surface area contributed by atoms with Gasteiger partial charge in [0.05, 0.1) is 32.3 Å². The molecule has 0 saturated heterocycles. The predicted molar refractivity (Wildman–Crippen MR) is 79.6 cm³/mol. The van der Waals surface area contributed by atoms with Gasteiger partial charge in [-0.25, -0.2) is 0 Å². The third kappa shape index (κ3) is 7.46. The minimum Gasteiger partial charge on any atom is -0.469 e. The third-order valence-electron chi connectivity index (χ3n) is 2.84. The summed E-state index contributed by atoms with van der Waals surface area (Å²) in [5, 5.41) is 2.85. The Balaban J connectivity index is 2.29. The van der Waals surface area contributed by atoms with Crippen LogP contribution in [0.25, 0.3) is 0 Å². The third-order valence-corrected chi connectivity index (χ3v) is 2.84. The largest absolute Gasteiger partial charge is 0.469 e. The highest BCUT2D eigenvalue weighted by Gasteiger charge is 2.21. The molecule has 0 aliphatic carbocycles. The van der Waals surface area contributed by atoms with E-state index in [1.54, 1.807) is 0 Å². The Morgan fingerprint density at radius 3 is 2.43 bits per heavy atom. The van der Waals surface area contributed by atoms with E-state index in [1.807, 2.05) is 44.2 Å². The van der Waals surface area contributed by atoms with E-state index in [9.17, 15) is 9.59 Å². The van der Waals surface area contributed by atoms with Gasteiger partial charge >= 0.3 is 5.97 Å². The molecule has 21 heavy (non-hydrogen) atoms. The van der Waals surface area contributed by atoms with Gasteiger partial charge in [-0.3, -0.25) is 9.59 Å². The molecule has 1 aromatic carbocycles.